The van der Waals surface area contributed by atoms with Gasteiger partial charge in [-0.15, -0.1) is 0 Å². The lowest BCUT2D eigenvalue weighted by Crippen LogP contribution is -1.99. The van der Waals surface area contributed by atoms with Crippen LogP contribution in [0.4, 0.5) is 0 Å². The molecule has 0 aliphatic rings. The van der Waals surface area contributed by atoms with Crippen LogP contribution in [0.1, 0.15) is 134 Å². The first kappa shape index (κ1) is 24.1. The Hall–Kier alpha value is -0.980. The number of rotatable bonds is 18. The zero-order valence-corrected chi connectivity index (χ0v) is 18.4. The van der Waals surface area contributed by atoms with Crippen LogP contribution in [0.5, 0.6) is 5.75 Å². The highest BCUT2D eigenvalue weighted by atomic mass is 16.3. The Bertz CT molecular complexity index is 422. The summed E-state index contributed by atoms with van der Waals surface area (Å²) in [6.45, 7) is 4.57. The molecule has 1 aromatic carbocycles. The quantitative estimate of drug-likeness (QED) is 0.254. The van der Waals surface area contributed by atoms with Gasteiger partial charge in [-0.3, -0.25) is 0 Å². The Morgan fingerprint density at radius 1 is 0.556 bits per heavy atom. The average molecular weight is 375 g/mol. The van der Waals surface area contributed by atoms with Gasteiger partial charge in [-0.2, -0.15) is 0 Å². The third-order valence-electron chi connectivity index (χ3n) is 5.93. The number of phenolic OH excluding ortho intramolecular Hbond substituents is 1. The largest absolute Gasteiger partial charge is 0.508 e. The fraction of sp³-hybridized carbons (Fsp3) is 0.769. The molecule has 0 saturated heterocycles. The van der Waals surface area contributed by atoms with Crippen molar-refractivity contribution in [3.63, 3.8) is 0 Å². The molecule has 1 nitrogen and oxygen atoms in total. The molecule has 0 saturated carbocycles. The van der Waals surface area contributed by atoms with Crippen molar-refractivity contribution in [1.29, 1.82) is 0 Å². The molecule has 1 rings (SSSR count). The van der Waals surface area contributed by atoms with E-state index < -0.39 is 0 Å². The second-order valence-corrected chi connectivity index (χ2v) is 8.46. The van der Waals surface area contributed by atoms with Crippen LogP contribution in [0.3, 0.4) is 0 Å². The van der Waals surface area contributed by atoms with Crippen molar-refractivity contribution < 1.29 is 5.11 Å². The summed E-state index contributed by atoms with van der Waals surface area (Å²) < 4.78 is 0. The van der Waals surface area contributed by atoms with Crippen molar-refractivity contribution >= 4 is 0 Å². The number of unbranched alkanes of at least 4 members (excludes halogenated alkanes) is 13. The molecule has 0 aliphatic carbocycles. The first-order valence-electron chi connectivity index (χ1n) is 12.1. The second-order valence-electron chi connectivity index (χ2n) is 8.46. The molecule has 0 heterocycles. The summed E-state index contributed by atoms with van der Waals surface area (Å²) in [6.07, 6.45) is 23.6. The molecule has 1 atom stereocenters. The van der Waals surface area contributed by atoms with Gasteiger partial charge in [-0.25, -0.2) is 0 Å². The minimum Gasteiger partial charge on any atom is -0.508 e. The van der Waals surface area contributed by atoms with Crippen LogP contribution in [-0.2, 0) is 0 Å². The minimum atomic E-state index is 0.386. The highest BCUT2D eigenvalue weighted by Crippen LogP contribution is 2.29. The highest BCUT2D eigenvalue weighted by molar-refractivity contribution is 5.28. The van der Waals surface area contributed by atoms with Crippen molar-refractivity contribution in [1.82, 2.24) is 0 Å². The van der Waals surface area contributed by atoms with Gasteiger partial charge in [0.2, 0.25) is 0 Å². The Morgan fingerprint density at radius 3 is 1.41 bits per heavy atom. The molecule has 27 heavy (non-hydrogen) atoms. The Kier molecular flexibility index (Phi) is 15.3. The molecule has 0 aliphatic heterocycles. The molecule has 1 aromatic rings. The van der Waals surface area contributed by atoms with Gasteiger partial charge in [0.05, 0.1) is 0 Å². The zero-order valence-electron chi connectivity index (χ0n) is 18.4. The predicted octanol–water partition coefficient (Wildman–Crippen LogP) is 9.15. The van der Waals surface area contributed by atoms with Gasteiger partial charge < -0.3 is 5.11 Å². The number of benzene rings is 1. The maximum absolute atomic E-state index is 9.54. The molecular weight excluding hydrogens is 328 g/mol. The predicted molar refractivity (Wildman–Crippen MR) is 121 cm³/mol. The number of hydrogen-bond acceptors (Lipinski definition) is 1. The third kappa shape index (κ3) is 12.9. The molecule has 0 radical (unpaired) electrons. The Morgan fingerprint density at radius 2 is 0.926 bits per heavy atom. The first-order chi connectivity index (χ1) is 13.3. The van der Waals surface area contributed by atoms with Gasteiger partial charge in [0.1, 0.15) is 5.75 Å². The molecule has 1 unspecified atom stereocenters. The summed E-state index contributed by atoms with van der Waals surface area (Å²) in [5.74, 6) is 1.07. The molecule has 0 bridgehead atoms. The van der Waals surface area contributed by atoms with E-state index in [-0.39, 0.29) is 0 Å². The van der Waals surface area contributed by atoms with Crippen molar-refractivity contribution in [3.05, 3.63) is 29.8 Å². The summed E-state index contributed by atoms with van der Waals surface area (Å²) in [4.78, 5) is 0. The van der Waals surface area contributed by atoms with Crippen LogP contribution in [-0.4, -0.2) is 5.11 Å². The van der Waals surface area contributed by atoms with E-state index in [4.69, 9.17) is 0 Å². The lowest BCUT2D eigenvalue weighted by Gasteiger charge is -2.17. The van der Waals surface area contributed by atoms with Crippen LogP contribution >= 0.6 is 0 Å². The van der Waals surface area contributed by atoms with Crippen LogP contribution in [0.15, 0.2) is 24.3 Å². The van der Waals surface area contributed by atoms with Crippen molar-refractivity contribution in [2.24, 2.45) is 0 Å². The van der Waals surface area contributed by atoms with Gasteiger partial charge in [-0.1, -0.05) is 122 Å². The fourth-order valence-electron chi connectivity index (χ4n) is 4.10. The second kappa shape index (κ2) is 17.1. The van der Waals surface area contributed by atoms with Crippen molar-refractivity contribution in [2.45, 2.75) is 129 Å². The molecule has 1 heteroatoms. The van der Waals surface area contributed by atoms with E-state index in [9.17, 15) is 5.11 Å². The van der Waals surface area contributed by atoms with Crippen LogP contribution in [0.25, 0.3) is 0 Å². The monoisotopic (exact) mass is 374 g/mol. The van der Waals surface area contributed by atoms with E-state index in [1.165, 1.54) is 115 Å². The van der Waals surface area contributed by atoms with Gasteiger partial charge in [0.25, 0.3) is 0 Å². The van der Waals surface area contributed by atoms with Gasteiger partial charge >= 0.3 is 0 Å². The smallest absolute Gasteiger partial charge is 0.115 e. The summed E-state index contributed by atoms with van der Waals surface area (Å²) in [5.41, 5.74) is 1.42. The van der Waals surface area contributed by atoms with Gasteiger partial charge in [0.15, 0.2) is 0 Å². The number of aromatic hydroxyl groups is 1. The molecule has 156 valence electrons. The standard InChI is InChI=1S/C26H46O/c1-3-5-7-8-9-10-11-12-13-14-15-17-19-24(18-16-6-4-2)25-20-22-26(27)23-21-25/h20-24,27H,3-19H2,1-2H3. The van der Waals surface area contributed by atoms with E-state index in [0.29, 0.717) is 11.7 Å². The molecule has 1 N–H and O–H groups in total. The molecule has 0 amide bonds. The summed E-state index contributed by atoms with van der Waals surface area (Å²) in [6, 6.07) is 7.97. The fourth-order valence-corrected chi connectivity index (χ4v) is 4.10. The van der Waals surface area contributed by atoms with E-state index in [1.807, 2.05) is 12.1 Å². The number of phenols is 1. The van der Waals surface area contributed by atoms with Gasteiger partial charge in [0, 0.05) is 0 Å². The summed E-state index contributed by atoms with van der Waals surface area (Å²) in [5, 5.41) is 9.54. The van der Waals surface area contributed by atoms with Crippen LogP contribution < -0.4 is 0 Å². The normalized spacial score (nSPS) is 12.4. The maximum atomic E-state index is 9.54. The topological polar surface area (TPSA) is 20.2 Å². The third-order valence-corrected chi connectivity index (χ3v) is 5.93. The highest BCUT2D eigenvalue weighted by Gasteiger charge is 2.11. The average Bonchev–Trinajstić information content (AvgIpc) is 2.68. The SMILES string of the molecule is CCCCCCCCCCCCCCC(CCCCC)c1ccc(O)cc1. The minimum absolute atomic E-state index is 0.386. The number of hydrogen-bond donors (Lipinski definition) is 1. The van der Waals surface area contributed by atoms with E-state index in [2.05, 4.69) is 26.0 Å². The summed E-state index contributed by atoms with van der Waals surface area (Å²) in [7, 11) is 0. The van der Waals surface area contributed by atoms with E-state index in [1.54, 1.807) is 0 Å². The first-order valence-corrected chi connectivity index (χ1v) is 12.1. The van der Waals surface area contributed by atoms with Crippen molar-refractivity contribution in [2.75, 3.05) is 0 Å². The van der Waals surface area contributed by atoms with Gasteiger partial charge in [-0.05, 0) is 36.5 Å². The van der Waals surface area contributed by atoms with E-state index in [0.717, 1.165) is 0 Å². The molecular formula is C26H46O. The lowest BCUT2D eigenvalue weighted by molar-refractivity contribution is 0.472. The zero-order chi connectivity index (χ0) is 19.6. The van der Waals surface area contributed by atoms with Crippen molar-refractivity contribution in [3.8, 4) is 5.75 Å². The maximum Gasteiger partial charge on any atom is 0.115 e. The van der Waals surface area contributed by atoms with E-state index >= 15 is 0 Å². The lowest BCUT2D eigenvalue weighted by atomic mass is 9.88. The Labute approximate surface area is 170 Å². The Balaban J connectivity index is 2.10. The summed E-state index contributed by atoms with van der Waals surface area (Å²) >= 11 is 0. The molecule has 0 fully saturated rings. The van der Waals surface area contributed by atoms with Crippen LogP contribution in [0, 0.1) is 0 Å². The molecule has 0 aromatic heterocycles. The van der Waals surface area contributed by atoms with Crippen LogP contribution in [0.2, 0.25) is 0 Å². The molecule has 0 spiro atoms.